The lowest BCUT2D eigenvalue weighted by atomic mass is 9.44. The molecule has 4 rings (SSSR count). The normalized spacial score (nSPS) is 45.9. The van der Waals surface area contributed by atoms with Crippen molar-refractivity contribution in [1.29, 1.82) is 0 Å². The Morgan fingerprint density at radius 3 is 2.43 bits per heavy atom. The number of hydrogen-bond acceptors (Lipinski definition) is 3. The maximum Gasteiger partial charge on any atom is 0.133 e. The van der Waals surface area contributed by atoms with E-state index >= 15 is 0 Å². The first-order valence-electron chi connectivity index (χ1n) is 12.9. The molecule has 170 valence electrons. The van der Waals surface area contributed by atoms with Gasteiger partial charge in [0.15, 0.2) is 0 Å². The SMILES string of the molecule is CC(C)CCC[C@@H](C)[C@H]1CC[C@H]2[C@@H]3C/C(=N/O)C4CC(=O)CC[C@]4(C)[C@H]3CC[C@]12C. The Bertz CT molecular complexity index is 684. The average molecular weight is 416 g/mol. The van der Waals surface area contributed by atoms with E-state index in [2.05, 4.69) is 39.8 Å². The van der Waals surface area contributed by atoms with E-state index in [-0.39, 0.29) is 11.3 Å². The molecule has 1 N–H and O–H groups in total. The minimum atomic E-state index is 0.153. The maximum atomic E-state index is 12.2. The van der Waals surface area contributed by atoms with Gasteiger partial charge in [-0.05, 0) is 84.9 Å². The zero-order chi connectivity index (χ0) is 21.7. The summed E-state index contributed by atoms with van der Waals surface area (Å²) in [7, 11) is 0. The van der Waals surface area contributed by atoms with E-state index in [0.29, 0.717) is 29.5 Å². The van der Waals surface area contributed by atoms with E-state index in [4.69, 9.17) is 0 Å². The summed E-state index contributed by atoms with van der Waals surface area (Å²) in [5.74, 6) is 5.15. The smallest absolute Gasteiger partial charge is 0.133 e. The van der Waals surface area contributed by atoms with Gasteiger partial charge in [-0.15, -0.1) is 0 Å². The molecule has 3 heteroatoms. The molecule has 8 atom stereocenters. The molecule has 0 bridgehead atoms. The highest BCUT2D eigenvalue weighted by atomic mass is 16.4. The fraction of sp³-hybridized carbons (Fsp3) is 0.926. The first-order chi connectivity index (χ1) is 14.2. The third-order valence-electron chi connectivity index (χ3n) is 10.6. The first-order valence-corrected chi connectivity index (χ1v) is 12.9. The molecule has 0 saturated heterocycles. The van der Waals surface area contributed by atoms with Crippen LogP contribution >= 0.6 is 0 Å². The number of Topliss-reactive ketones (excluding diaryl/α,β-unsaturated/α-hetero) is 1. The molecule has 0 spiro atoms. The Balaban J connectivity index is 1.54. The van der Waals surface area contributed by atoms with E-state index in [1.165, 1.54) is 44.9 Å². The van der Waals surface area contributed by atoms with Crippen molar-refractivity contribution in [2.75, 3.05) is 0 Å². The van der Waals surface area contributed by atoms with E-state index < -0.39 is 0 Å². The van der Waals surface area contributed by atoms with Crippen molar-refractivity contribution in [3.63, 3.8) is 0 Å². The fourth-order valence-corrected chi connectivity index (χ4v) is 9.00. The van der Waals surface area contributed by atoms with Crippen molar-refractivity contribution in [1.82, 2.24) is 0 Å². The number of rotatable bonds is 5. The third-order valence-corrected chi connectivity index (χ3v) is 10.6. The minimum Gasteiger partial charge on any atom is -0.411 e. The Kier molecular flexibility index (Phi) is 6.14. The van der Waals surface area contributed by atoms with Crippen molar-refractivity contribution in [2.24, 2.45) is 57.4 Å². The minimum absolute atomic E-state index is 0.153. The van der Waals surface area contributed by atoms with Gasteiger partial charge in [-0.2, -0.15) is 0 Å². The van der Waals surface area contributed by atoms with Gasteiger partial charge in [0.05, 0.1) is 5.71 Å². The highest BCUT2D eigenvalue weighted by Crippen LogP contribution is 2.67. The molecule has 4 aliphatic rings. The zero-order valence-electron chi connectivity index (χ0n) is 20.1. The molecule has 4 aliphatic carbocycles. The highest BCUT2D eigenvalue weighted by molar-refractivity contribution is 5.93. The molecule has 30 heavy (non-hydrogen) atoms. The number of nitrogens with zero attached hydrogens (tertiary/aromatic N) is 1. The van der Waals surface area contributed by atoms with Crippen LogP contribution in [-0.2, 0) is 4.79 Å². The monoisotopic (exact) mass is 415 g/mol. The number of ketones is 1. The first kappa shape index (κ1) is 22.3. The quantitative estimate of drug-likeness (QED) is 0.384. The molecular formula is C27H45NO2. The summed E-state index contributed by atoms with van der Waals surface area (Å²) in [5, 5.41) is 13.7. The average Bonchev–Trinajstić information content (AvgIpc) is 3.05. The van der Waals surface area contributed by atoms with Crippen LogP contribution < -0.4 is 0 Å². The van der Waals surface area contributed by atoms with Gasteiger partial charge in [-0.25, -0.2) is 0 Å². The predicted molar refractivity (Wildman–Crippen MR) is 123 cm³/mol. The second-order valence-electron chi connectivity index (χ2n) is 12.5. The van der Waals surface area contributed by atoms with Gasteiger partial charge in [0.2, 0.25) is 0 Å². The molecule has 0 aromatic rings. The van der Waals surface area contributed by atoms with Crippen molar-refractivity contribution >= 4 is 11.5 Å². The fourth-order valence-electron chi connectivity index (χ4n) is 9.00. The molecule has 0 amide bonds. The van der Waals surface area contributed by atoms with Crippen LogP contribution in [0.5, 0.6) is 0 Å². The molecule has 0 aromatic heterocycles. The summed E-state index contributed by atoms with van der Waals surface area (Å²) in [6.07, 6.45) is 12.8. The van der Waals surface area contributed by atoms with Crippen molar-refractivity contribution in [3.8, 4) is 0 Å². The topological polar surface area (TPSA) is 49.7 Å². The van der Waals surface area contributed by atoms with Gasteiger partial charge in [-0.3, -0.25) is 4.79 Å². The lowest BCUT2D eigenvalue weighted by molar-refractivity contribution is -0.130. The Morgan fingerprint density at radius 1 is 1.00 bits per heavy atom. The Morgan fingerprint density at radius 2 is 1.73 bits per heavy atom. The van der Waals surface area contributed by atoms with Gasteiger partial charge >= 0.3 is 0 Å². The van der Waals surface area contributed by atoms with Crippen LogP contribution in [0.15, 0.2) is 5.16 Å². The van der Waals surface area contributed by atoms with Crippen molar-refractivity contribution < 1.29 is 10.0 Å². The number of hydrogen-bond donors (Lipinski definition) is 1. The van der Waals surface area contributed by atoms with Gasteiger partial charge in [0.25, 0.3) is 0 Å². The van der Waals surface area contributed by atoms with Crippen LogP contribution in [0.2, 0.25) is 0 Å². The number of carbonyl (C=O) groups excluding carboxylic acids is 1. The van der Waals surface area contributed by atoms with Crippen LogP contribution in [-0.4, -0.2) is 16.7 Å². The van der Waals surface area contributed by atoms with Crippen LogP contribution in [0.1, 0.15) is 105 Å². The summed E-state index contributed by atoms with van der Waals surface area (Å²) in [6.45, 7) is 12.2. The summed E-state index contributed by atoms with van der Waals surface area (Å²) in [5.41, 5.74) is 1.55. The van der Waals surface area contributed by atoms with Crippen LogP contribution in [0.4, 0.5) is 0 Å². The molecule has 0 aromatic carbocycles. The molecule has 4 fully saturated rings. The lowest BCUT2D eigenvalue weighted by Gasteiger charge is -2.60. The van der Waals surface area contributed by atoms with E-state index in [0.717, 1.165) is 48.6 Å². The summed E-state index contributed by atoms with van der Waals surface area (Å²) in [6, 6.07) is 0. The zero-order valence-corrected chi connectivity index (χ0v) is 20.1. The second-order valence-corrected chi connectivity index (χ2v) is 12.5. The van der Waals surface area contributed by atoms with Crippen LogP contribution in [0, 0.1) is 52.3 Å². The van der Waals surface area contributed by atoms with Gasteiger partial charge < -0.3 is 5.21 Å². The number of fused-ring (bicyclic) bond motifs is 5. The molecule has 0 heterocycles. The Labute approximate surface area is 184 Å². The summed E-state index contributed by atoms with van der Waals surface area (Å²) in [4.78, 5) is 12.2. The standard InChI is InChI=1S/C27H45NO2/c1-17(2)7-6-8-18(3)21-9-10-22-20-16-25(28-30)24-15-19(29)11-13-27(24,5)23(20)12-14-26(21,22)4/h17-18,20-24,30H,6-16H2,1-5H3/b28-25-/t18-,20+,21-,22+,23+,24?,26-,27-/m1/s1. The molecule has 0 radical (unpaired) electrons. The van der Waals surface area contributed by atoms with Crippen LogP contribution in [0.3, 0.4) is 0 Å². The van der Waals surface area contributed by atoms with Gasteiger partial charge in [0.1, 0.15) is 5.78 Å². The second kappa shape index (κ2) is 8.24. The van der Waals surface area contributed by atoms with Gasteiger partial charge in [0, 0.05) is 18.8 Å². The molecule has 0 aliphatic heterocycles. The highest BCUT2D eigenvalue weighted by Gasteiger charge is 2.62. The maximum absolute atomic E-state index is 12.2. The van der Waals surface area contributed by atoms with Crippen LogP contribution in [0.25, 0.3) is 0 Å². The van der Waals surface area contributed by atoms with E-state index in [1.807, 2.05) is 0 Å². The van der Waals surface area contributed by atoms with Crippen molar-refractivity contribution in [2.45, 2.75) is 105 Å². The van der Waals surface area contributed by atoms with E-state index in [9.17, 15) is 10.0 Å². The third kappa shape index (κ3) is 3.56. The molecule has 3 nitrogen and oxygen atoms in total. The van der Waals surface area contributed by atoms with Gasteiger partial charge in [-0.1, -0.05) is 59.0 Å². The largest absolute Gasteiger partial charge is 0.411 e. The molecule has 1 unspecified atom stereocenters. The molecular weight excluding hydrogens is 370 g/mol. The summed E-state index contributed by atoms with van der Waals surface area (Å²) >= 11 is 0. The molecule has 4 saturated carbocycles. The Hall–Kier alpha value is -0.860. The predicted octanol–water partition coefficient (Wildman–Crippen LogP) is 7.12. The number of oxime groups is 1. The lowest BCUT2D eigenvalue weighted by Crippen LogP contribution is -2.56. The number of carbonyl (C=O) groups is 1. The van der Waals surface area contributed by atoms with E-state index in [1.54, 1.807) is 0 Å². The summed E-state index contributed by atoms with van der Waals surface area (Å²) < 4.78 is 0. The van der Waals surface area contributed by atoms with Crippen molar-refractivity contribution in [3.05, 3.63) is 0 Å².